The zero-order valence-corrected chi connectivity index (χ0v) is 14.5. The molecule has 1 aromatic heterocycles. The molecule has 4 rings (SSSR count). The van der Waals surface area contributed by atoms with Crippen molar-refractivity contribution in [1.29, 1.82) is 0 Å². The van der Waals surface area contributed by atoms with E-state index in [1.54, 1.807) is 0 Å². The molecule has 1 aromatic carbocycles. The fourth-order valence-electron chi connectivity index (χ4n) is 3.87. The van der Waals surface area contributed by atoms with Crippen LogP contribution in [0.3, 0.4) is 0 Å². The molecular weight excluding hydrogens is 294 g/mol. The molecular formula is C21H27N3. The van der Waals surface area contributed by atoms with E-state index < -0.39 is 0 Å². The van der Waals surface area contributed by atoms with Crippen LogP contribution in [0.4, 0.5) is 11.4 Å². The maximum atomic E-state index is 4.43. The Kier molecular flexibility index (Phi) is 4.52. The number of nitrogens with one attached hydrogen (secondary N) is 1. The third kappa shape index (κ3) is 3.18. The Morgan fingerprint density at radius 3 is 2.46 bits per heavy atom. The number of benzene rings is 1. The summed E-state index contributed by atoms with van der Waals surface area (Å²) in [6, 6.07) is 12.0. The van der Waals surface area contributed by atoms with Gasteiger partial charge in [-0.1, -0.05) is 19.1 Å². The molecule has 3 nitrogen and oxygen atoms in total. The maximum absolute atomic E-state index is 4.43. The number of aryl methyl sites for hydroxylation is 1. The van der Waals surface area contributed by atoms with E-state index in [0.29, 0.717) is 6.04 Å². The predicted octanol–water partition coefficient (Wildman–Crippen LogP) is 4.41. The lowest BCUT2D eigenvalue weighted by molar-refractivity contribution is 0.451. The first kappa shape index (κ1) is 15.6. The second-order valence-electron chi connectivity index (χ2n) is 7.07. The zero-order valence-electron chi connectivity index (χ0n) is 14.5. The average molecular weight is 321 g/mol. The van der Waals surface area contributed by atoms with Gasteiger partial charge in [0.05, 0.1) is 11.9 Å². The monoisotopic (exact) mass is 321 g/mol. The van der Waals surface area contributed by atoms with Crippen LogP contribution in [0.25, 0.3) is 0 Å². The first-order valence-corrected chi connectivity index (χ1v) is 9.39. The first-order valence-electron chi connectivity index (χ1n) is 9.39. The van der Waals surface area contributed by atoms with E-state index in [1.807, 2.05) is 6.20 Å². The fourth-order valence-corrected chi connectivity index (χ4v) is 3.87. The Hall–Kier alpha value is -1.87. The fraction of sp³-hybridized carbons (Fsp3) is 0.476. The SMILES string of the molecule is CCc1ccncc1N(c1ccc(C2CC2)cc1)C1CCNCC1. The number of anilines is 2. The Balaban J connectivity index is 1.71. The van der Waals surface area contributed by atoms with Gasteiger partial charge in [-0.05, 0) is 80.4 Å². The molecule has 2 aromatic rings. The molecule has 0 unspecified atom stereocenters. The van der Waals surface area contributed by atoms with Gasteiger partial charge in [0.25, 0.3) is 0 Å². The van der Waals surface area contributed by atoms with E-state index in [2.05, 4.69) is 58.7 Å². The lowest BCUT2D eigenvalue weighted by Gasteiger charge is -2.37. The minimum Gasteiger partial charge on any atom is -0.337 e. The summed E-state index contributed by atoms with van der Waals surface area (Å²) in [6.45, 7) is 4.43. The first-order chi connectivity index (χ1) is 11.9. The van der Waals surface area contributed by atoms with Crippen molar-refractivity contribution >= 4 is 11.4 Å². The van der Waals surface area contributed by atoms with Crippen LogP contribution in [0.5, 0.6) is 0 Å². The molecule has 0 radical (unpaired) electrons. The van der Waals surface area contributed by atoms with E-state index in [9.17, 15) is 0 Å². The molecule has 0 spiro atoms. The summed E-state index contributed by atoms with van der Waals surface area (Å²) in [4.78, 5) is 6.98. The zero-order chi connectivity index (χ0) is 16.4. The minimum absolute atomic E-state index is 0.549. The van der Waals surface area contributed by atoms with Gasteiger partial charge < -0.3 is 10.2 Å². The predicted molar refractivity (Wildman–Crippen MR) is 100 cm³/mol. The molecule has 0 atom stereocenters. The van der Waals surface area contributed by atoms with Crippen molar-refractivity contribution in [2.24, 2.45) is 0 Å². The van der Waals surface area contributed by atoms with E-state index in [-0.39, 0.29) is 0 Å². The number of hydrogen-bond acceptors (Lipinski definition) is 3. The van der Waals surface area contributed by atoms with Gasteiger partial charge in [-0.25, -0.2) is 0 Å². The highest BCUT2D eigenvalue weighted by Gasteiger charge is 2.26. The van der Waals surface area contributed by atoms with Crippen LogP contribution in [0.1, 0.15) is 49.7 Å². The molecule has 1 saturated carbocycles. The molecule has 2 heterocycles. The molecule has 24 heavy (non-hydrogen) atoms. The summed E-state index contributed by atoms with van der Waals surface area (Å²) in [5, 5.41) is 3.49. The van der Waals surface area contributed by atoms with Crippen LogP contribution in [0, 0.1) is 0 Å². The van der Waals surface area contributed by atoms with Crippen molar-refractivity contribution in [2.45, 2.75) is 51.0 Å². The molecule has 1 aliphatic heterocycles. The summed E-state index contributed by atoms with van der Waals surface area (Å²) in [5.74, 6) is 0.816. The van der Waals surface area contributed by atoms with Crippen molar-refractivity contribution in [3.8, 4) is 0 Å². The van der Waals surface area contributed by atoms with Gasteiger partial charge in [0.2, 0.25) is 0 Å². The molecule has 1 aliphatic carbocycles. The molecule has 3 heteroatoms. The van der Waals surface area contributed by atoms with Gasteiger partial charge in [0.1, 0.15) is 0 Å². The molecule has 2 fully saturated rings. The highest BCUT2D eigenvalue weighted by molar-refractivity contribution is 5.67. The van der Waals surface area contributed by atoms with Gasteiger partial charge in [-0.2, -0.15) is 0 Å². The molecule has 0 bridgehead atoms. The van der Waals surface area contributed by atoms with E-state index in [1.165, 1.54) is 48.2 Å². The molecule has 1 N–H and O–H groups in total. The Bertz CT molecular complexity index is 670. The van der Waals surface area contributed by atoms with Gasteiger partial charge in [-0.15, -0.1) is 0 Å². The highest BCUT2D eigenvalue weighted by Crippen LogP contribution is 2.41. The lowest BCUT2D eigenvalue weighted by Crippen LogP contribution is -2.41. The summed E-state index contributed by atoms with van der Waals surface area (Å²) in [5.41, 5.74) is 5.49. The van der Waals surface area contributed by atoms with Crippen molar-refractivity contribution in [3.63, 3.8) is 0 Å². The largest absolute Gasteiger partial charge is 0.337 e. The smallest absolute Gasteiger partial charge is 0.0632 e. The third-order valence-corrected chi connectivity index (χ3v) is 5.42. The topological polar surface area (TPSA) is 28.2 Å². The standard InChI is InChI=1S/C21H27N3/c1-2-16-9-12-23-15-21(16)24(20-10-13-22-14-11-20)19-7-5-18(6-8-19)17-3-4-17/h5-9,12,15,17,20,22H,2-4,10-11,13-14H2,1H3. The lowest BCUT2D eigenvalue weighted by atomic mass is 10.0. The number of rotatable bonds is 5. The van der Waals surface area contributed by atoms with Crippen LogP contribution in [0.2, 0.25) is 0 Å². The van der Waals surface area contributed by atoms with E-state index in [0.717, 1.165) is 25.4 Å². The van der Waals surface area contributed by atoms with Gasteiger partial charge in [0, 0.05) is 17.9 Å². The van der Waals surface area contributed by atoms with Crippen LogP contribution in [-0.4, -0.2) is 24.1 Å². The number of nitrogens with zero attached hydrogens (tertiary/aromatic N) is 2. The van der Waals surface area contributed by atoms with Gasteiger partial charge in [0.15, 0.2) is 0 Å². The van der Waals surface area contributed by atoms with Crippen molar-refractivity contribution in [1.82, 2.24) is 10.3 Å². The summed E-state index contributed by atoms with van der Waals surface area (Å²) in [6.07, 6.45) is 10.1. The third-order valence-electron chi connectivity index (χ3n) is 5.42. The summed E-state index contributed by atoms with van der Waals surface area (Å²) >= 11 is 0. The number of piperidine rings is 1. The van der Waals surface area contributed by atoms with Crippen LogP contribution >= 0.6 is 0 Å². The van der Waals surface area contributed by atoms with Crippen molar-refractivity contribution in [3.05, 3.63) is 53.9 Å². The van der Waals surface area contributed by atoms with Crippen LogP contribution in [0.15, 0.2) is 42.7 Å². The minimum atomic E-state index is 0.549. The second kappa shape index (κ2) is 6.94. The quantitative estimate of drug-likeness (QED) is 0.884. The molecule has 126 valence electrons. The second-order valence-corrected chi connectivity index (χ2v) is 7.07. The van der Waals surface area contributed by atoms with Crippen molar-refractivity contribution in [2.75, 3.05) is 18.0 Å². The van der Waals surface area contributed by atoms with Gasteiger partial charge in [-0.3, -0.25) is 4.98 Å². The summed E-state index contributed by atoms with van der Waals surface area (Å²) < 4.78 is 0. The van der Waals surface area contributed by atoms with E-state index in [4.69, 9.17) is 0 Å². The van der Waals surface area contributed by atoms with Gasteiger partial charge >= 0.3 is 0 Å². The summed E-state index contributed by atoms with van der Waals surface area (Å²) in [7, 11) is 0. The Labute approximate surface area is 145 Å². The average Bonchev–Trinajstić information content (AvgIpc) is 3.49. The Morgan fingerprint density at radius 2 is 1.79 bits per heavy atom. The van der Waals surface area contributed by atoms with E-state index >= 15 is 0 Å². The molecule has 0 amide bonds. The van der Waals surface area contributed by atoms with Crippen molar-refractivity contribution < 1.29 is 0 Å². The number of hydrogen-bond donors (Lipinski definition) is 1. The van der Waals surface area contributed by atoms with Crippen LogP contribution in [-0.2, 0) is 6.42 Å². The molecule has 2 aliphatic rings. The number of pyridine rings is 1. The molecule has 1 saturated heterocycles. The number of aromatic nitrogens is 1. The van der Waals surface area contributed by atoms with Crippen LogP contribution < -0.4 is 10.2 Å². The maximum Gasteiger partial charge on any atom is 0.0632 e. The highest BCUT2D eigenvalue weighted by atomic mass is 15.2. The normalized spacial score (nSPS) is 18.5. The Morgan fingerprint density at radius 1 is 1.04 bits per heavy atom.